The molecule has 0 N–H and O–H groups in total. The van der Waals surface area contributed by atoms with Crippen molar-refractivity contribution in [3.63, 3.8) is 0 Å². The molecule has 0 unspecified atom stereocenters. The van der Waals surface area contributed by atoms with Gasteiger partial charge in [-0.2, -0.15) is 0 Å². The number of benzene rings is 1. The van der Waals surface area contributed by atoms with Crippen molar-refractivity contribution in [2.24, 2.45) is 0 Å². The number of unbranched alkanes of at least 4 members (excludes halogenated alkanes) is 3. The van der Waals surface area contributed by atoms with Gasteiger partial charge in [0, 0.05) is 0 Å². The van der Waals surface area contributed by atoms with Gasteiger partial charge in [-0.15, -0.1) is 0 Å². The first-order valence-corrected chi connectivity index (χ1v) is 16.8. The molecule has 1 aromatic carbocycles. The zero-order valence-corrected chi connectivity index (χ0v) is 16.7. The monoisotopic (exact) mass is 381 g/mol. The van der Waals surface area contributed by atoms with Crippen LogP contribution >= 0.6 is 0 Å². The van der Waals surface area contributed by atoms with E-state index < -0.39 is 18.4 Å². The van der Waals surface area contributed by atoms with Crippen LogP contribution in [0.1, 0.15) is 64.9 Å². The van der Waals surface area contributed by atoms with Crippen molar-refractivity contribution in [3.05, 3.63) is 35.9 Å². The van der Waals surface area contributed by atoms with Crippen LogP contribution in [0.25, 0.3) is 0 Å². The molecule has 113 valence electrons. The molecule has 0 bridgehead atoms. The first-order chi connectivity index (χ1) is 9.76. The van der Waals surface area contributed by atoms with Gasteiger partial charge in [-0.25, -0.2) is 0 Å². The SMILES string of the molecule is CCC[CH2][Sn]([CH2]CCC)([CH2]CCC)[CH2]c1[c]cccc1. The fourth-order valence-corrected chi connectivity index (χ4v) is 19.3. The Hall–Kier alpha value is 0.0187. The van der Waals surface area contributed by atoms with E-state index in [1.54, 1.807) is 13.3 Å². The Morgan fingerprint density at radius 3 is 1.80 bits per heavy atom. The minimum atomic E-state index is -1.98. The van der Waals surface area contributed by atoms with Crippen LogP contribution in [-0.4, -0.2) is 18.4 Å². The van der Waals surface area contributed by atoms with Gasteiger partial charge in [0.2, 0.25) is 0 Å². The number of hydrogen-bond acceptors (Lipinski definition) is 0. The third kappa shape index (κ3) is 6.65. The summed E-state index contributed by atoms with van der Waals surface area (Å²) in [5.74, 6) is 0. The van der Waals surface area contributed by atoms with Crippen LogP contribution in [0.5, 0.6) is 0 Å². The van der Waals surface area contributed by atoms with Gasteiger partial charge in [-0.05, 0) is 0 Å². The first-order valence-electron chi connectivity index (χ1n) is 8.72. The molecule has 0 aromatic heterocycles. The predicted octanol–water partition coefficient (Wildman–Crippen LogP) is 6.42. The van der Waals surface area contributed by atoms with E-state index in [9.17, 15) is 0 Å². The second kappa shape index (κ2) is 10.7. The van der Waals surface area contributed by atoms with Gasteiger partial charge in [0.25, 0.3) is 0 Å². The molecule has 0 aliphatic heterocycles. The third-order valence-electron chi connectivity index (χ3n) is 4.52. The molecular weight excluding hydrogens is 347 g/mol. The fourth-order valence-electron chi connectivity index (χ4n) is 3.24. The Balaban J connectivity index is 2.81. The van der Waals surface area contributed by atoms with E-state index >= 15 is 0 Å². The van der Waals surface area contributed by atoms with Crippen molar-refractivity contribution in [2.75, 3.05) is 0 Å². The Labute approximate surface area is 131 Å². The molecular formula is C19H33Sn. The van der Waals surface area contributed by atoms with Crippen molar-refractivity contribution in [2.45, 2.75) is 77.0 Å². The molecule has 0 heterocycles. The molecule has 1 radical (unpaired) electrons. The number of rotatable bonds is 11. The molecule has 0 aliphatic rings. The summed E-state index contributed by atoms with van der Waals surface area (Å²) in [6.07, 6.45) is 8.52. The van der Waals surface area contributed by atoms with E-state index in [4.69, 9.17) is 0 Å². The minimum absolute atomic E-state index is 1.37. The summed E-state index contributed by atoms with van der Waals surface area (Å²) in [5, 5.41) is 0. The third-order valence-corrected chi connectivity index (χ3v) is 19.9. The second-order valence-electron chi connectivity index (χ2n) is 6.38. The average Bonchev–Trinajstić information content (AvgIpc) is 2.49. The van der Waals surface area contributed by atoms with E-state index in [0.29, 0.717) is 0 Å². The van der Waals surface area contributed by atoms with Gasteiger partial charge >= 0.3 is 131 Å². The molecule has 0 spiro atoms. The molecule has 20 heavy (non-hydrogen) atoms. The summed E-state index contributed by atoms with van der Waals surface area (Å²) in [6, 6.07) is 12.2. The molecule has 0 aliphatic carbocycles. The van der Waals surface area contributed by atoms with E-state index in [1.165, 1.54) is 48.5 Å². The molecule has 0 atom stereocenters. The first kappa shape index (κ1) is 18.1. The van der Waals surface area contributed by atoms with E-state index in [2.05, 4.69) is 51.1 Å². The van der Waals surface area contributed by atoms with Gasteiger partial charge in [-0.1, -0.05) is 0 Å². The Bertz CT molecular complexity index is 309. The fraction of sp³-hybridized carbons (Fsp3) is 0.684. The molecule has 1 heteroatoms. The standard InChI is InChI=1S/C7H6.3C4H9.Sn/c1-7-5-3-2-4-6-7;3*1-3-4-2;/h2-5H,1H2;3*1,3-4H2,2H3;. The molecule has 0 fully saturated rings. The van der Waals surface area contributed by atoms with Crippen LogP contribution in [0.3, 0.4) is 0 Å². The van der Waals surface area contributed by atoms with Crippen molar-refractivity contribution in [3.8, 4) is 0 Å². The second-order valence-corrected chi connectivity index (χ2v) is 20.2. The van der Waals surface area contributed by atoms with Crippen LogP contribution in [0.15, 0.2) is 24.3 Å². The summed E-state index contributed by atoms with van der Waals surface area (Å²) in [6.45, 7) is 7.06. The maximum atomic E-state index is 3.51. The summed E-state index contributed by atoms with van der Waals surface area (Å²) < 4.78 is 6.26. The molecule has 1 rings (SSSR count). The van der Waals surface area contributed by atoms with Crippen molar-refractivity contribution in [1.29, 1.82) is 0 Å². The average molecular weight is 380 g/mol. The Morgan fingerprint density at radius 1 is 0.850 bits per heavy atom. The Kier molecular flexibility index (Phi) is 9.67. The van der Waals surface area contributed by atoms with Crippen molar-refractivity contribution in [1.82, 2.24) is 0 Å². The summed E-state index contributed by atoms with van der Waals surface area (Å²) in [4.78, 5) is 0. The zero-order chi connectivity index (χ0) is 14.7. The number of hydrogen-bond donors (Lipinski definition) is 0. The molecule has 0 saturated heterocycles. The normalized spacial score (nSPS) is 11.8. The van der Waals surface area contributed by atoms with Gasteiger partial charge in [0.1, 0.15) is 0 Å². The molecule has 0 amide bonds. The van der Waals surface area contributed by atoms with Gasteiger partial charge < -0.3 is 0 Å². The van der Waals surface area contributed by atoms with Crippen LogP contribution < -0.4 is 0 Å². The molecule has 1 aromatic rings. The summed E-state index contributed by atoms with van der Waals surface area (Å²) in [5.41, 5.74) is 1.51. The van der Waals surface area contributed by atoms with Crippen LogP contribution in [0, 0.1) is 6.07 Å². The van der Waals surface area contributed by atoms with Crippen LogP contribution in [-0.2, 0) is 4.44 Å². The summed E-state index contributed by atoms with van der Waals surface area (Å²) >= 11 is -1.98. The van der Waals surface area contributed by atoms with E-state index in [1.807, 2.05) is 0 Å². The topological polar surface area (TPSA) is 0 Å². The molecule has 0 saturated carbocycles. The van der Waals surface area contributed by atoms with Crippen molar-refractivity contribution >= 4 is 18.4 Å². The van der Waals surface area contributed by atoms with Crippen LogP contribution in [0.4, 0.5) is 0 Å². The predicted molar refractivity (Wildman–Crippen MR) is 93.9 cm³/mol. The van der Waals surface area contributed by atoms with Gasteiger partial charge in [0.05, 0.1) is 0 Å². The van der Waals surface area contributed by atoms with E-state index in [-0.39, 0.29) is 0 Å². The zero-order valence-electron chi connectivity index (χ0n) is 13.9. The van der Waals surface area contributed by atoms with E-state index in [0.717, 1.165) is 0 Å². The maximum absolute atomic E-state index is 3.51. The van der Waals surface area contributed by atoms with Crippen molar-refractivity contribution < 1.29 is 0 Å². The van der Waals surface area contributed by atoms with Gasteiger partial charge in [-0.3, -0.25) is 0 Å². The molecule has 0 nitrogen and oxygen atoms in total. The van der Waals surface area contributed by atoms with Gasteiger partial charge in [0.15, 0.2) is 0 Å². The van der Waals surface area contributed by atoms with Crippen LogP contribution in [0.2, 0.25) is 13.3 Å². The Morgan fingerprint density at radius 2 is 1.40 bits per heavy atom. The quantitative estimate of drug-likeness (QED) is 0.389. The summed E-state index contributed by atoms with van der Waals surface area (Å²) in [7, 11) is 0.